The number of phenols is 1. The summed E-state index contributed by atoms with van der Waals surface area (Å²) in [4.78, 5) is 0. The number of rotatable bonds is 4. The van der Waals surface area contributed by atoms with Crippen LogP contribution in [-0.4, -0.2) is 10.2 Å². The fraction of sp³-hybridized carbons (Fsp3) is 0.250. The number of aromatic hydroxyl groups is 1. The third kappa shape index (κ3) is 2.96. The maximum atomic E-state index is 13.9. The molecule has 0 amide bonds. The van der Waals surface area contributed by atoms with Crippen molar-refractivity contribution in [1.82, 2.24) is 0 Å². The molecule has 0 fully saturated rings. The van der Waals surface area contributed by atoms with E-state index in [0.29, 0.717) is 5.56 Å². The number of phenolic OH excluding ortho intramolecular Hbond substituents is 1. The van der Waals surface area contributed by atoms with Crippen molar-refractivity contribution in [3.8, 4) is 5.75 Å². The maximum Gasteiger partial charge on any atom is 0.130 e. The van der Waals surface area contributed by atoms with Crippen LogP contribution in [0.4, 0.5) is 8.78 Å². The van der Waals surface area contributed by atoms with E-state index in [9.17, 15) is 13.9 Å². The summed E-state index contributed by atoms with van der Waals surface area (Å²) in [6.45, 7) is 1.57. The molecule has 2 aromatic carbocycles. The normalized spacial score (nSPS) is 10.8. The summed E-state index contributed by atoms with van der Waals surface area (Å²) in [6, 6.07) is 7.25. The molecule has 2 nitrogen and oxygen atoms in total. The van der Waals surface area contributed by atoms with Gasteiger partial charge in [-0.1, -0.05) is 19.1 Å². The monoisotopic (exact) mass is 278 g/mol. The van der Waals surface area contributed by atoms with Crippen LogP contribution in [0, 0.1) is 11.6 Å². The van der Waals surface area contributed by atoms with Gasteiger partial charge >= 0.3 is 0 Å². The van der Waals surface area contributed by atoms with E-state index in [2.05, 4.69) is 0 Å². The molecule has 0 saturated heterocycles. The first-order valence-corrected chi connectivity index (χ1v) is 6.43. The molecule has 0 aliphatic heterocycles. The van der Waals surface area contributed by atoms with Crippen LogP contribution in [-0.2, 0) is 19.4 Å². The number of aryl methyl sites for hydroxylation is 1. The van der Waals surface area contributed by atoms with Crippen molar-refractivity contribution < 1.29 is 19.0 Å². The lowest BCUT2D eigenvalue weighted by molar-refractivity contribution is 0.280. The fourth-order valence-electron chi connectivity index (χ4n) is 2.09. The molecule has 0 unspecified atom stereocenters. The second kappa shape index (κ2) is 6.01. The lowest BCUT2D eigenvalue weighted by Gasteiger charge is -2.10. The van der Waals surface area contributed by atoms with Crippen molar-refractivity contribution in [3.63, 3.8) is 0 Å². The zero-order valence-electron chi connectivity index (χ0n) is 11.2. The summed E-state index contributed by atoms with van der Waals surface area (Å²) in [5, 5.41) is 18.7. The van der Waals surface area contributed by atoms with Gasteiger partial charge in [-0.2, -0.15) is 0 Å². The number of aliphatic hydroxyl groups is 1. The Balaban J connectivity index is 2.35. The van der Waals surface area contributed by atoms with E-state index in [4.69, 9.17) is 5.11 Å². The molecule has 0 atom stereocenters. The first kappa shape index (κ1) is 14.5. The number of hydrogen-bond donors (Lipinski definition) is 2. The molecule has 2 N–H and O–H groups in total. The van der Waals surface area contributed by atoms with Crippen LogP contribution in [0.15, 0.2) is 30.3 Å². The van der Waals surface area contributed by atoms with Gasteiger partial charge in [-0.15, -0.1) is 0 Å². The van der Waals surface area contributed by atoms with Crippen LogP contribution in [0.2, 0.25) is 0 Å². The summed E-state index contributed by atoms with van der Waals surface area (Å²) in [5.74, 6) is -1.32. The highest BCUT2D eigenvalue weighted by Crippen LogP contribution is 2.26. The van der Waals surface area contributed by atoms with Crippen molar-refractivity contribution in [1.29, 1.82) is 0 Å². The SMILES string of the molecule is CCc1ccc(Cc2c(O)cc(CO)cc2F)c(F)c1. The van der Waals surface area contributed by atoms with Crippen molar-refractivity contribution >= 4 is 0 Å². The molecular formula is C16H16F2O2. The molecule has 0 aliphatic carbocycles. The molecule has 4 heteroatoms. The predicted molar refractivity (Wildman–Crippen MR) is 72.6 cm³/mol. The van der Waals surface area contributed by atoms with Gasteiger partial charge in [-0.3, -0.25) is 0 Å². The van der Waals surface area contributed by atoms with Gasteiger partial charge in [-0.25, -0.2) is 8.78 Å². The van der Waals surface area contributed by atoms with E-state index in [1.54, 1.807) is 12.1 Å². The van der Waals surface area contributed by atoms with E-state index < -0.39 is 11.6 Å². The summed E-state index contributed by atoms with van der Waals surface area (Å²) < 4.78 is 27.8. The lowest BCUT2D eigenvalue weighted by atomic mass is 9.99. The maximum absolute atomic E-state index is 13.9. The van der Waals surface area contributed by atoms with Crippen molar-refractivity contribution in [2.24, 2.45) is 0 Å². The summed E-state index contributed by atoms with van der Waals surface area (Å²) >= 11 is 0. The lowest BCUT2D eigenvalue weighted by Crippen LogP contribution is -1.99. The predicted octanol–water partition coefficient (Wildman–Crippen LogP) is 3.32. The van der Waals surface area contributed by atoms with Crippen molar-refractivity contribution in [3.05, 3.63) is 64.2 Å². The molecule has 0 aliphatic rings. The first-order valence-electron chi connectivity index (χ1n) is 6.43. The van der Waals surface area contributed by atoms with Gasteiger partial charge in [0.25, 0.3) is 0 Å². The number of hydrogen-bond acceptors (Lipinski definition) is 2. The van der Waals surface area contributed by atoms with E-state index >= 15 is 0 Å². The van der Waals surface area contributed by atoms with Crippen LogP contribution in [0.25, 0.3) is 0 Å². The van der Waals surface area contributed by atoms with E-state index in [1.807, 2.05) is 6.92 Å². The number of halogens is 2. The highest BCUT2D eigenvalue weighted by Gasteiger charge is 2.13. The fourth-order valence-corrected chi connectivity index (χ4v) is 2.09. The molecule has 0 bridgehead atoms. The third-order valence-corrected chi connectivity index (χ3v) is 3.31. The van der Waals surface area contributed by atoms with Crippen LogP contribution in [0.3, 0.4) is 0 Å². The molecule has 2 rings (SSSR count). The average Bonchev–Trinajstić information content (AvgIpc) is 2.43. The van der Waals surface area contributed by atoms with Crippen molar-refractivity contribution in [2.45, 2.75) is 26.4 Å². The van der Waals surface area contributed by atoms with Crippen LogP contribution >= 0.6 is 0 Å². The Hall–Kier alpha value is -1.94. The Labute approximate surface area is 116 Å². The van der Waals surface area contributed by atoms with Gasteiger partial charge in [-0.05, 0) is 41.3 Å². The molecule has 0 heterocycles. The standard InChI is InChI=1S/C16H16F2O2/c1-2-10-3-4-12(14(17)5-10)8-13-15(18)6-11(9-19)7-16(13)20/h3-7,19-20H,2,8-9H2,1H3. The number of aliphatic hydroxyl groups excluding tert-OH is 1. The van der Waals surface area contributed by atoms with Gasteiger partial charge in [0.1, 0.15) is 17.4 Å². The van der Waals surface area contributed by atoms with Gasteiger partial charge in [0, 0.05) is 12.0 Å². The summed E-state index contributed by atoms with van der Waals surface area (Å²) in [6.07, 6.45) is 0.696. The molecule has 2 aromatic rings. The molecular weight excluding hydrogens is 262 g/mol. The highest BCUT2D eigenvalue weighted by molar-refractivity contribution is 5.41. The van der Waals surface area contributed by atoms with Gasteiger partial charge in [0.15, 0.2) is 0 Å². The largest absolute Gasteiger partial charge is 0.508 e. The van der Waals surface area contributed by atoms with E-state index in [0.717, 1.165) is 18.1 Å². The Morgan fingerprint density at radius 1 is 1.00 bits per heavy atom. The second-order valence-electron chi connectivity index (χ2n) is 4.69. The molecule has 0 saturated carbocycles. The Bertz CT molecular complexity index is 601. The van der Waals surface area contributed by atoms with Gasteiger partial charge in [0.05, 0.1) is 6.61 Å². The molecule has 0 radical (unpaired) electrons. The number of benzene rings is 2. The first-order chi connectivity index (χ1) is 9.55. The minimum atomic E-state index is -0.645. The summed E-state index contributed by atoms with van der Waals surface area (Å²) in [7, 11) is 0. The molecule has 20 heavy (non-hydrogen) atoms. The Morgan fingerprint density at radius 3 is 2.25 bits per heavy atom. The second-order valence-corrected chi connectivity index (χ2v) is 4.69. The highest BCUT2D eigenvalue weighted by atomic mass is 19.1. The van der Waals surface area contributed by atoms with E-state index in [1.165, 1.54) is 12.1 Å². The third-order valence-electron chi connectivity index (χ3n) is 3.31. The molecule has 0 aromatic heterocycles. The molecule has 0 spiro atoms. The zero-order valence-corrected chi connectivity index (χ0v) is 11.2. The van der Waals surface area contributed by atoms with Crippen LogP contribution in [0.1, 0.15) is 29.2 Å². The Morgan fingerprint density at radius 2 is 1.70 bits per heavy atom. The quantitative estimate of drug-likeness (QED) is 0.900. The Kier molecular flexibility index (Phi) is 4.35. The smallest absolute Gasteiger partial charge is 0.130 e. The summed E-state index contributed by atoms with van der Waals surface area (Å²) in [5.41, 5.74) is 1.51. The van der Waals surface area contributed by atoms with Crippen molar-refractivity contribution in [2.75, 3.05) is 0 Å². The molecule has 106 valence electrons. The minimum Gasteiger partial charge on any atom is -0.508 e. The van der Waals surface area contributed by atoms with E-state index in [-0.39, 0.29) is 29.9 Å². The van der Waals surface area contributed by atoms with Crippen LogP contribution < -0.4 is 0 Å². The van der Waals surface area contributed by atoms with Gasteiger partial charge in [0.2, 0.25) is 0 Å². The topological polar surface area (TPSA) is 40.5 Å². The zero-order chi connectivity index (χ0) is 14.7. The van der Waals surface area contributed by atoms with Crippen LogP contribution in [0.5, 0.6) is 5.75 Å². The minimum absolute atomic E-state index is 0.0286. The van der Waals surface area contributed by atoms with Gasteiger partial charge < -0.3 is 10.2 Å². The average molecular weight is 278 g/mol.